The lowest BCUT2D eigenvalue weighted by molar-refractivity contribution is -0.169. The fraction of sp³-hybridized carbons (Fsp3) is 0.476. The molecule has 4 rings (SSSR count). The maximum Gasteiger partial charge on any atom is 0.254 e. The number of ether oxygens (including phenoxy) is 3. The Balaban J connectivity index is 1.27. The smallest absolute Gasteiger partial charge is 0.254 e. The Morgan fingerprint density at radius 2 is 1.93 bits per heavy atom. The Morgan fingerprint density at radius 3 is 2.62 bits per heavy atom. The zero-order chi connectivity index (χ0) is 20.1. The predicted molar refractivity (Wildman–Crippen MR) is 107 cm³/mol. The molecule has 154 valence electrons. The average molecular weight is 398 g/mol. The van der Waals surface area contributed by atoms with Gasteiger partial charge in [-0.15, -0.1) is 0 Å². The van der Waals surface area contributed by atoms with Gasteiger partial charge in [0, 0.05) is 44.9 Å². The van der Waals surface area contributed by atoms with Crippen LogP contribution in [0.4, 0.5) is 5.95 Å². The summed E-state index contributed by atoms with van der Waals surface area (Å²) < 4.78 is 16.7. The van der Waals surface area contributed by atoms with E-state index in [-0.39, 0.29) is 5.91 Å². The van der Waals surface area contributed by atoms with Gasteiger partial charge in [-0.2, -0.15) is 0 Å². The summed E-state index contributed by atoms with van der Waals surface area (Å²) in [6.45, 7) is 3.40. The van der Waals surface area contributed by atoms with Crippen molar-refractivity contribution in [3.63, 3.8) is 0 Å². The number of methoxy groups -OCH3 is 1. The van der Waals surface area contributed by atoms with Crippen molar-refractivity contribution in [1.29, 1.82) is 0 Å². The van der Waals surface area contributed by atoms with E-state index in [0.29, 0.717) is 31.3 Å². The molecule has 1 aromatic carbocycles. The largest absolute Gasteiger partial charge is 0.497 e. The van der Waals surface area contributed by atoms with Crippen LogP contribution in [0.5, 0.6) is 5.75 Å². The summed E-state index contributed by atoms with van der Waals surface area (Å²) in [5.41, 5.74) is 1.56. The second-order valence-electron chi connectivity index (χ2n) is 7.22. The van der Waals surface area contributed by atoms with Gasteiger partial charge in [0.25, 0.3) is 5.91 Å². The third-order valence-corrected chi connectivity index (χ3v) is 5.36. The Labute approximate surface area is 170 Å². The molecule has 1 amide bonds. The molecule has 1 spiro atoms. The number of benzene rings is 1. The average Bonchev–Trinajstić information content (AvgIpc) is 3.22. The van der Waals surface area contributed by atoms with Crippen molar-refractivity contribution in [3.8, 4) is 5.75 Å². The molecule has 3 heterocycles. The highest BCUT2D eigenvalue weighted by Gasteiger charge is 2.40. The molecule has 2 saturated heterocycles. The molecule has 1 aromatic heterocycles. The van der Waals surface area contributed by atoms with Crippen molar-refractivity contribution < 1.29 is 19.0 Å². The van der Waals surface area contributed by atoms with E-state index >= 15 is 0 Å². The van der Waals surface area contributed by atoms with Gasteiger partial charge in [0.05, 0.1) is 25.9 Å². The van der Waals surface area contributed by atoms with Crippen LogP contribution >= 0.6 is 0 Å². The molecule has 0 aliphatic carbocycles. The lowest BCUT2D eigenvalue weighted by Gasteiger charge is -2.37. The number of nitrogens with zero attached hydrogens (tertiary/aromatic N) is 3. The molecule has 0 saturated carbocycles. The Bertz CT molecular complexity index is 827. The van der Waals surface area contributed by atoms with Gasteiger partial charge in [-0.05, 0) is 24.1 Å². The number of amides is 1. The van der Waals surface area contributed by atoms with Crippen molar-refractivity contribution in [2.45, 2.75) is 25.0 Å². The van der Waals surface area contributed by atoms with Crippen LogP contribution in [0.2, 0.25) is 0 Å². The number of nitrogens with one attached hydrogen (secondary N) is 1. The van der Waals surface area contributed by atoms with Gasteiger partial charge >= 0.3 is 0 Å². The lowest BCUT2D eigenvalue weighted by atomic mass is 10.0. The van der Waals surface area contributed by atoms with E-state index in [2.05, 4.69) is 20.2 Å². The van der Waals surface area contributed by atoms with E-state index in [1.54, 1.807) is 19.5 Å². The zero-order valence-electron chi connectivity index (χ0n) is 16.6. The maximum atomic E-state index is 12.4. The quantitative estimate of drug-likeness (QED) is 0.794. The molecular formula is C21H26N4O4. The highest BCUT2D eigenvalue weighted by Crippen LogP contribution is 2.32. The molecule has 2 aromatic rings. The molecule has 2 fully saturated rings. The molecular weight excluding hydrogens is 372 g/mol. The summed E-state index contributed by atoms with van der Waals surface area (Å²) in [5, 5.41) is 2.91. The first-order valence-electron chi connectivity index (χ1n) is 9.93. The van der Waals surface area contributed by atoms with E-state index in [0.717, 1.165) is 43.7 Å². The second-order valence-corrected chi connectivity index (χ2v) is 7.22. The number of piperidine rings is 1. The van der Waals surface area contributed by atoms with Crippen molar-refractivity contribution in [1.82, 2.24) is 15.3 Å². The number of hydrogen-bond acceptors (Lipinski definition) is 7. The minimum atomic E-state index is -0.418. The van der Waals surface area contributed by atoms with Crippen molar-refractivity contribution in [2.24, 2.45) is 0 Å². The van der Waals surface area contributed by atoms with Gasteiger partial charge in [0.15, 0.2) is 5.79 Å². The Morgan fingerprint density at radius 1 is 1.21 bits per heavy atom. The van der Waals surface area contributed by atoms with Gasteiger partial charge in [0.1, 0.15) is 5.75 Å². The number of carbonyl (C=O) groups excluding carboxylic acids is 1. The van der Waals surface area contributed by atoms with Crippen molar-refractivity contribution >= 4 is 11.9 Å². The molecule has 0 radical (unpaired) electrons. The third kappa shape index (κ3) is 4.65. The van der Waals surface area contributed by atoms with E-state index in [4.69, 9.17) is 14.2 Å². The van der Waals surface area contributed by atoms with E-state index in [1.165, 1.54) is 0 Å². The zero-order valence-corrected chi connectivity index (χ0v) is 16.6. The van der Waals surface area contributed by atoms with E-state index in [1.807, 2.05) is 24.3 Å². The summed E-state index contributed by atoms with van der Waals surface area (Å²) in [7, 11) is 1.64. The van der Waals surface area contributed by atoms with Crippen LogP contribution in [0.1, 0.15) is 28.8 Å². The minimum Gasteiger partial charge on any atom is -0.497 e. The van der Waals surface area contributed by atoms with E-state index in [9.17, 15) is 4.79 Å². The fourth-order valence-corrected chi connectivity index (χ4v) is 3.69. The minimum absolute atomic E-state index is 0.176. The van der Waals surface area contributed by atoms with Crippen LogP contribution in [0.25, 0.3) is 0 Å². The van der Waals surface area contributed by atoms with Crippen LogP contribution in [0.15, 0.2) is 36.7 Å². The third-order valence-electron chi connectivity index (χ3n) is 5.36. The number of aromatic nitrogens is 2. The van der Waals surface area contributed by atoms with Crippen LogP contribution in [0, 0.1) is 0 Å². The van der Waals surface area contributed by atoms with Gasteiger partial charge in [-0.1, -0.05) is 12.1 Å². The van der Waals surface area contributed by atoms with Crippen LogP contribution < -0.4 is 15.0 Å². The summed E-state index contributed by atoms with van der Waals surface area (Å²) >= 11 is 0. The van der Waals surface area contributed by atoms with Crippen LogP contribution in [-0.2, 0) is 15.9 Å². The van der Waals surface area contributed by atoms with Crippen LogP contribution in [0.3, 0.4) is 0 Å². The standard InChI is InChI=1S/C21H26N4O4/c1-27-18-4-2-3-16(13-18)5-8-22-19(26)17-14-23-20(24-15-17)25-9-6-21(7-10-25)28-11-12-29-21/h2-4,13-15H,5-12H2,1H3,(H,22,26). The normalized spacial score (nSPS) is 18.0. The van der Waals surface area contributed by atoms with Gasteiger partial charge in [-0.25, -0.2) is 9.97 Å². The number of anilines is 1. The number of hydrogen-bond donors (Lipinski definition) is 1. The summed E-state index contributed by atoms with van der Waals surface area (Å²) in [4.78, 5) is 23.2. The van der Waals surface area contributed by atoms with E-state index < -0.39 is 5.79 Å². The first-order valence-corrected chi connectivity index (χ1v) is 9.93. The molecule has 29 heavy (non-hydrogen) atoms. The molecule has 8 heteroatoms. The maximum absolute atomic E-state index is 12.4. The van der Waals surface area contributed by atoms with Crippen molar-refractivity contribution in [3.05, 3.63) is 47.8 Å². The molecule has 0 bridgehead atoms. The predicted octanol–water partition coefficient (Wildman–Crippen LogP) is 1.80. The molecule has 1 N–H and O–H groups in total. The topological polar surface area (TPSA) is 85.8 Å². The Kier molecular flexibility index (Phi) is 5.92. The molecule has 0 unspecified atom stereocenters. The molecule has 8 nitrogen and oxygen atoms in total. The first kappa shape index (κ1) is 19.6. The summed E-state index contributed by atoms with van der Waals surface area (Å²) in [6, 6.07) is 7.82. The molecule has 0 atom stereocenters. The van der Waals surface area contributed by atoms with Gasteiger partial charge in [-0.3, -0.25) is 4.79 Å². The number of carbonyl (C=O) groups is 1. The van der Waals surface area contributed by atoms with Crippen molar-refractivity contribution in [2.75, 3.05) is 44.9 Å². The summed E-state index contributed by atoms with van der Waals surface area (Å²) in [5.74, 6) is 0.849. The highest BCUT2D eigenvalue weighted by atomic mass is 16.7. The molecule has 2 aliphatic heterocycles. The highest BCUT2D eigenvalue weighted by molar-refractivity contribution is 5.93. The Hall–Kier alpha value is -2.71. The van der Waals surface area contributed by atoms with Gasteiger partial charge in [0.2, 0.25) is 5.95 Å². The monoisotopic (exact) mass is 398 g/mol. The molecule has 2 aliphatic rings. The summed E-state index contributed by atoms with van der Waals surface area (Å²) in [6.07, 6.45) is 5.47. The fourth-order valence-electron chi connectivity index (χ4n) is 3.69. The second kappa shape index (κ2) is 8.75. The first-order chi connectivity index (χ1) is 14.2. The SMILES string of the molecule is COc1cccc(CCNC(=O)c2cnc(N3CCC4(CC3)OCCO4)nc2)c1. The van der Waals surface area contributed by atoms with Gasteiger partial charge < -0.3 is 24.4 Å². The number of rotatable bonds is 6. The lowest BCUT2D eigenvalue weighted by Crippen LogP contribution is -2.45. The van der Waals surface area contributed by atoms with Crippen LogP contribution in [-0.4, -0.2) is 61.6 Å².